The van der Waals surface area contributed by atoms with Crippen LogP contribution in [0.1, 0.15) is 398 Å². The van der Waals surface area contributed by atoms with Gasteiger partial charge in [-0.05, 0) is 262 Å². The van der Waals surface area contributed by atoms with Crippen LogP contribution >= 0.6 is 23.5 Å². The quantitative estimate of drug-likeness (QED) is 0.0588. The maximum Gasteiger partial charge on any atom is 0.137 e. The monoisotopic (exact) mass is 1580 g/mol. The Balaban J connectivity index is -0.0000000829. The highest BCUT2D eigenvalue weighted by Gasteiger charge is 2.12. The van der Waals surface area contributed by atoms with Gasteiger partial charge in [0.2, 0.25) is 0 Å². The van der Waals surface area contributed by atoms with Crippen molar-refractivity contribution >= 4 is 40.9 Å². The maximum atomic E-state index is 11.0. The van der Waals surface area contributed by atoms with Crippen molar-refractivity contribution in [3.05, 3.63) is 0 Å². The van der Waals surface area contributed by atoms with Crippen molar-refractivity contribution in [1.82, 2.24) is 19.6 Å². The highest BCUT2D eigenvalue weighted by Crippen LogP contribution is 2.16. The Labute approximate surface area is 698 Å². The number of thioether (sulfide) groups is 2. The van der Waals surface area contributed by atoms with Gasteiger partial charge in [0.25, 0.3) is 0 Å². The summed E-state index contributed by atoms with van der Waals surface area (Å²) in [6, 6.07) is 2.76. The third-order valence-corrected chi connectivity index (χ3v) is 18.4. The zero-order valence-corrected chi connectivity index (χ0v) is 85.7. The summed E-state index contributed by atoms with van der Waals surface area (Å²) in [5, 5.41) is 1.62. The van der Waals surface area contributed by atoms with E-state index in [1.54, 1.807) is 0 Å². The molecular weight excluding hydrogens is 1370 g/mol. The van der Waals surface area contributed by atoms with Crippen LogP contribution in [0.2, 0.25) is 0 Å². The zero-order chi connectivity index (χ0) is 87.7. The first kappa shape index (κ1) is 137. The Hall–Kier alpha value is -0.530. The molecule has 0 aromatic rings. The van der Waals surface area contributed by atoms with Gasteiger partial charge < -0.3 is 29.1 Å². The standard InChI is InChI=1S/2C9H21N.2C8H19N.2C8H18O.2C8H16O.2C8H18S.C7H14O.C7H16.CH4/c2*1-8(2)6-7-10(5)9(3)4;2*1-7(2)6-9(5)8(3)4;2*1-7(2)5-6-9-8(3)4;2*1-6(2)5-8(9)7(3)4;2*1-7(2)5-6-9-8(3)4;1-5(2)7(8)6(3)4;1-6(2)5-7(3)4;/h2*8-9H,6-7H2,1-5H3;2*7-8H,6H2,1-5H3;2*7-8H,5-6H2,1-4H3;2*6-7H,5H2,1-4H3;2*7-8H,5-6H2,1-4H3;5-6H,1-4H3;6-7H,5H2,1-4H3;1H4. The molecule has 0 spiro atoms. The Morgan fingerprint density at radius 2 is 0.491 bits per heavy atom. The van der Waals surface area contributed by atoms with Gasteiger partial charge in [0.15, 0.2) is 0 Å². The highest BCUT2D eigenvalue weighted by atomic mass is 32.2. The molecule has 0 unspecified atom stereocenters. The van der Waals surface area contributed by atoms with Crippen molar-refractivity contribution < 1.29 is 23.9 Å². The number of rotatable bonds is 40. The molecule has 0 bridgehead atoms. The van der Waals surface area contributed by atoms with Crippen molar-refractivity contribution in [2.75, 3.05) is 79.1 Å². The van der Waals surface area contributed by atoms with E-state index in [1.807, 2.05) is 55.4 Å². The second-order valence-electron chi connectivity index (χ2n) is 38.9. The second kappa shape index (κ2) is 92.0. The minimum Gasteiger partial charge on any atom is -0.379 e. The summed E-state index contributed by atoms with van der Waals surface area (Å²) >= 11 is 4.12. The smallest absolute Gasteiger partial charge is 0.137 e. The first-order valence-electron chi connectivity index (χ1n) is 44.3. The van der Waals surface area contributed by atoms with E-state index in [0.717, 1.165) is 95.7 Å². The lowest BCUT2D eigenvalue weighted by Crippen LogP contribution is -2.29. The van der Waals surface area contributed by atoms with E-state index < -0.39 is 0 Å². The number of nitrogens with zero attached hydrogens (tertiary/aromatic N) is 4. The molecular formula is C97H218N4O5S2. The summed E-state index contributed by atoms with van der Waals surface area (Å²) in [5.74, 6) is 13.9. The second-order valence-corrected chi connectivity index (χ2v) is 42.3. The lowest BCUT2D eigenvalue weighted by Gasteiger charge is -2.22. The Kier molecular flexibility index (Phi) is 116. The molecule has 0 fully saturated rings. The fourth-order valence-electron chi connectivity index (χ4n) is 8.06. The Morgan fingerprint density at radius 1 is 0.269 bits per heavy atom. The van der Waals surface area contributed by atoms with Crippen LogP contribution in [0.25, 0.3) is 0 Å². The molecule has 9 nitrogen and oxygen atoms in total. The molecule has 0 rings (SSSR count). The number of hydrogen-bond acceptors (Lipinski definition) is 11. The van der Waals surface area contributed by atoms with E-state index in [9.17, 15) is 14.4 Å². The molecule has 0 aromatic carbocycles. The number of Topliss-reactive ketones (excluding diaryl/α,β-unsaturated/α-hetero) is 3. The fraction of sp³-hybridized carbons (Fsp3) is 0.969. The summed E-state index contributed by atoms with van der Waals surface area (Å²) in [7, 11) is 8.72. The van der Waals surface area contributed by atoms with Crippen LogP contribution in [0.4, 0.5) is 0 Å². The predicted octanol–water partition coefficient (Wildman–Crippen LogP) is 29.7. The molecule has 0 amide bonds. The van der Waals surface area contributed by atoms with Crippen LogP contribution in [0.15, 0.2) is 0 Å². The number of hydrogen-bond donors (Lipinski definition) is 0. The van der Waals surface area contributed by atoms with Gasteiger partial charge in [-0.2, -0.15) is 23.5 Å². The number of carbonyl (C=O) groups excluding carboxylic acids is 3. The maximum absolute atomic E-state index is 11.0. The third-order valence-electron chi connectivity index (χ3n) is 16.1. The first-order chi connectivity index (χ1) is 48.4. The molecule has 11 heteroatoms. The first-order valence-corrected chi connectivity index (χ1v) is 46.4. The third kappa shape index (κ3) is 158. The molecule has 0 saturated heterocycles. The van der Waals surface area contributed by atoms with Gasteiger partial charge in [0.05, 0.1) is 12.2 Å². The summed E-state index contributed by atoms with van der Waals surface area (Å²) in [6.45, 7) is 111. The summed E-state index contributed by atoms with van der Waals surface area (Å²) in [6.07, 6.45) is 11.3. The highest BCUT2D eigenvalue weighted by molar-refractivity contribution is 8.00. The normalized spacial score (nSPS) is 11.3. The molecule has 668 valence electrons. The Bertz CT molecular complexity index is 1530. The van der Waals surface area contributed by atoms with E-state index in [-0.39, 0.29) is 31.1 Å². The molecule has 0 atom stereocenters. The topological polar surface area (TPSA) is 82.6 Å². The van der Waals surface area contributed by atoms with Crippen LogP contribution in [-0.4, -0.2) is 163 Å². The molecule has 0 aliphatic carbocycles. The van der Waals surface area contributed by atoms with Crippen LogP contribution < -0.4 is 0 Å². The van der Waals surface area contributed by atoms with Gasteiger partial charge in [-0.1, -0.05) is 257 Å². The minimum atomic E-state index is 0. The van der Waals surface area contributed by atoms with Crippen LogP contribution in [0.5, 0.6) is 0 Å². The molecule has 0 radical (unpaired) electrons. The predicted molar refractivity (Wildman–Crippen MR) is 509 cm³/mol. The van der Waals surface area contributed by atoms with Gasteiger partial charge in [0.1, 0.15) is 17.3 Å². The lowest BCUT2D eigenvalue weighted by atomic mass is 9.99. The molecule has 0 aromatic heterocycles. The largest absolute Gasteiger partial charge is 0.379 e. The number of carbonyl (C=O) groups is 3. The van der Waals surface area contributed by atoms with Crippen LogP contribution in [-0.2, 0) is 23.9 Å². The van der Waals surface area contributed by atoms with Crippen molar-refractivity contribution in [1.29, 1.82) is 0 Å². The lowest BCUT2D eigenvalue weighted by molar-refractivity contribution is -0.125. The molecule has 0 aliphatic heterocycles. The SMILES string of the molecule is C.CC(C)C(=O)C(C)C.CC(C)CC(=O)C(C)C.CC(C)CC(=O)C(C)C.CC(C)CC(C)C.CC(C)CCN(C)C(C)C.CC(C)CCN(C)C(C)C.CC(C)CCOC(C)C.CC(C)CCOC(C)C.CC(C)CCSC(C)C.CC(C)CCSC(C)C.CC(C)CN(C)C(C)C.CC(C)CN(C)C(C)C. The minimum absolute atomic E-state index is 0. The van der Waals surface area contributed by atoms with Gasteiger partial charge in [-0.15, -0.1) is 0 Å². The van der Waals surface area contributed by atoms with Crippen LogP contribution in [0.3, 0.4) is 0 Å². The molecule has 0 N–H and O–H groups in total. The average molecular weight is 1580 g/mol. The molecule has 0 aliphatic rings. The molecule has 0 saturated carbocycles. The Morgan fingerprint density at radius 3 is 0.593 bits per heavy atom. The van der Waals surface area contributed by atoms with E-state index >= 15 is 0 Å². The zero-order valence-electron chi connectivity index (χ0n) is 84.0. The van der Waals surface area contributed by atoms with Gasteiger partial charge >= 0.3 is 0 Å². The van der Waals surface area contributed by atoms with E-state index in [1.165, 1.54) is 82.6 Å². The molecule has 108 heavy (non-hydrogen) atoms. The van der Waals surface area contributed by atoms with E-state index in [2.05, 4.69) is 348 Å². The van der Waals surface area contributed by atoms with Crippen LogP contribution in [0, 0.1) is 94.7 Å². The van der Waals surface area contributed by atoms with E-state index in [4.69, 9.17) is 9.47 Å². The van der Waals surface area contributed by atoms with Crippen molar-refractivity contribution in [3.63, 3.8) is 0 Å². The van der Waals surface area contributed by atoms with Gasteiger partial charge in [0, 0.05) is 87.0 Å². The summed E-state index contributed by atoms with van der Waals surface area (Å²) in [5.41, 5.74) is 0. The number of ether oxygens (including phenoxy) is 2. The fourth-order valence-corrected chi connectivity index (χ4v) is 10.2. The summed E-state index contributed by atoms with van der Waals surface area (Å²) < 4.78 is 10.7. The van der Waals surface area contributed by atoms with Crippen molar-refractivity contribution in [2.24, 2.45) is 94.7 Å². The van der Waals surface area contributed by atoms with Gasteiger partial charge in [-0.3, -0.25) is 14.4 Å². The van der Waals surface area contributed by atoms with E-state index in [0.29, 0.717) is 65.6 Å². The molecule has 0 heterocycles. The average Bonchev–Trinajstić information content (AvgIpc) is 1.02. The van der Waals surface area contributed by atoms with Crippen molar-refractivity contribution in [3.8, 4) is 0 Å². The number of ketones is 3. The van der Waals surface area contributed by atoms with Gasteiger partial charge in [-0.25, -0.2) is 0 Å². The van der Waals surface area contributed by atoms with Crippen molar-refractivity contribution in [2.45, 2.75) is 444 Å². The summed E-state index contributed by atoms with van der Waals surface area (Å²) in [4.78, 5) is 42.3.